The number of rotatable bonds is 5. The van der Waals surface area contributed by atoms with Crippen molar-refractivity contribution in [2.24, 2.45) is 0 Å². The maximum atomic E-state index is 13.0. The molecule has 1 rings (SSSR count). The zero-order chi connectivity index (χ0) is 12.8. The van der Waals surface area contributed by atoms with Gasteiger partial charge >= 0.3 is 5.97 Å². The van der Waals surface area contributed by atoms with E-state index < -0.39 is 6.67 Å². The number of aromatic hydroxyl groups is 1. The number of alkyl halides is 1. The first-order valence-corrected chi connectivity index (χ1v) is 5.50. The predicted octanol–water partition coefficient (Wildman–Crippen LogP) is 2.71. The maximum Gasteiger partial charge on any atom is 0.305 e. The number of carbonyl (C=O) groups is 1. The van der Waals surface area contributed by atoms with Crippen LogP contribution in [0.5, 0.6) is 5.75 Å². The van der Waals surface area contributed by atoms with E-state index in [1.807, 2.05) is 6.92 Å². The Hall–Kier alpha value is -1.58. The third-order valence-corrected chi connectivity index (χ3v) is 2.80. The van der Waals surface area contributed by atoms with Crippen LogP contribution < -0.4 is 0 Å². The lowest BCUT2D eigenvalue weighted by atomic mass is 9.92. The van der Waals surface area contributed by atoms with Gasteiger partial charge in [-0.05, 0) is 36.6 Å². The highest BCUT2D eigenvalue weighted by molar-refractivity contribution is 5.69. The number of phenolic OH excluding ortho intramolecular Hbond substituents is 1. The van der Waals surface area contributed by atoms with E-state index in [1.54, 1.807) is 12.1 Å². The maximum absolute atomic E-state index is 13.0. The smallest absolute Gasteiger partial charge is 0.305 e. The van der Waals surface area contributed by atoms with Gasteiger partial charge in [0.05, 0.1) is 13.8 Å². The lowest BCUT2D eigenvalue weighted by Crippen LogP contribution is -2.08. The molecule has 0 amide bonds. The number of esters is 1. The van der Waals surface area contributed by atoms with Crippen LogP contribution in [0.4, 0.5) is 4.39 Å². The van der Waals surface area contributed by atoms with Gasteiger partial charge < -0.3 is 9.84 Å². The summed E-state index contributed by atoms with van der Waals surface area (Å²) in [4.78, 5) is 11.0. The van der Waals surface area contributed by atoms with Crippen LogP contribution in [-0.2, 0) is 9.53 Å². The van der Waals surface area contributed by atoms with E-state index in [4.69, 9.17) is 0 Å². The molecule has 0 radical (unpaired) electrons. The molecule has 0 aliphatic heterocycles. The molecule has 0 aliphatic rings. The molecule has 17 heavy (non-hydrogen) atoms. The molecule has 1 aromatic carbocycles. The van der Waals surface area contributed by atoms with Crippen LogP contribution in [0.15, 0.2) is 18.2 Å². The minimum atomic E-state index is -0.525. The van der Waals surface area contributed by atoms with E-state index in [9.17, 15) is 14.3 Å². The van der Waals surface area contributed by atoms with Gasteiger partial charge in [0, 0.05) is 12.3 Å². The molecule has 1 unspecified atom stereocenters. The van der Waals surface area contributed by atoms with Gasteiger partial charge in [0.2, 0.25) is 0 Å². The minimum absolute atomic E-state index is 0.164. The van der Waals surface area contributed by atoms with Crippen molar-refractivity contribution >= 4 is 5.97 Å². The van der Waals surface area contributed by atoms with E-state index in [-0.39, 0.29) is 24.1 Å². The number of phenols is 1. The number of hydrogen-bond acceptors (Lipinski definition) is 3. The number of halogens is 1. The molecular weight excluding hydrogens is 223 g/mol. The summed E-state index contributed by atoms with van der Waals surface area (Å²) in [5.74, 6) is -0.494. The van der Waals surface area contributed by atoms with Crippen LogP contribution in [-0.4, -0.2) is 24.9 Å². The summed E-state index contributed by atoms with van der Waals surface area (Å²) < 4.78 is 17.5. The highest BCUT2D eigenvalue weighted by Gasteiger charge is 2.16. The lowest BCUT2D eigenvalue weighted by Gasteiger charge is -2.15. The molecule has 1 N–H and O–H groups in total. The Morgan fingerprint density at radius 3 is 2.76 bits per heavy atom. The average Bonchev–Trinajstić information content (AvgIpc) is 2.31. The van der Waals surface area contributed by atoms with Crippen LogP contribution >= 0.6 is 0 Å². The molecule has 0 saturated carbocycles. The molecule has 0 heterocycles. The summed E-state index contributed by atoms with van der Waals surface area (Å²) in [6.45, 7) is 1.29. The van der Waals surface area contributed by atoms with E-state index in [0.717, 1.165) is 11.1 Å². The molecule has 4 heteroatoms. The molecule has 3 nitrogen and oxygen atoms in total. The van der Waals surface area contributed by atoms with Crippen LogP contribution in [0.3, 0.4) is 0 Å². The second kappa shape index (κ2) is 6.23. The van der Waals surface area contributed by atoms with Crippen molar-refractivity contribution in [1.29, 1.82) is 0 Å². The quantitative estimate of drug-likeness (QED) is 0.805. The summed E-state index contributed by atoms with van der Waals surface area (Å²) in [6.07, 6.45) is 0.611. The Bertz CT molecular complexity index is 390. The summed E-state index contributed by atoms with van der Waals surface area (Å²) in [6, 6.07) is 4.82. The van der Waals surface area contributed by atoms with Crippen molar-refractivity contribution in [3.63, 3.8) is 0 Å². The van der Waals surface area contributed by atoms with Crippen molar-refractivity contribution in [2.45, 2.75) is 25.7 Å². The number of aryl methyl sites for hydroxylation is 1. The first-order valence-electron chi connectivity index (χ1n) is 5.50. The summed E-state index contributed by atoms with van der Waals surface area (Å²) in [5.41, 5.74) is 1.66. The second-order valence-corrected chi connectivity index (χ2v) is 4.01. The number of methoxy groups -OCH3 is 1. The zero-order valence-electron chi connectivity index (χ0n) is 10.1. The molecule has 94 valence electrons. The molecule has 1 atom stereocenters. The van der Waals surface area contributed by atoms with Crippen molar-refractivity contribution in [3.05, 3.63) is 29.3 Å². The molecule has 0 bridgehead atoms. The van der Waals surface area contributed by atoms with Crippen LogP contribution in [0.1, 0.15) is 29.9 Å². The van der Waals surface area contributed by atoms with Crippen molar-refractivity contribution in [1.82, 2.24) is 0 Å². The second-order valence-electron chi connectivity index (χ2n) is 4.01. The topological polar surface area (TPSA) is 46.5 Å². The summed E-state index contributed by atoms with van der Waals surface area (Å²) in [5, 5.41) is 9.28. The van der Waals surface area contributed by atoms with Crippen LogP contribution in [0.25, 0.3) is 0 Å². The monoisotopic (exact) mass is 240 g/mol. The van der Waals surface area contributed by atoms with E-state index in [2.05, 4.69) is 4.74 Å². The van der Waals surface area contributed by atoms with E-state index in [0.29, 0.717) is 6.42 Å². The molecule has 0 saturated heterocycles. The number of carbonyl (C=O) groups excluding carboxylic acids is 1. The van der Waals surface area contributed by atoms with Gasteiger partial charge in [0.15, 0.2) is 0 Å². The van der Waals surface area contributed by atoms with Crippen LogP contribution in [0, 0.1) is 6.92 Å². The average molecular weight is 240 g/mol. The number of hydrogen-bond donors (Lipinski definition) is 1. The SMILES string of the molecule is COC(=O)CCC(CF)c1ccc(O)cc1C. The largest absolute Gasteiger partial charge is 0.508 e. The fourth-order valence-corrected chi connectivity index (χ4v) is 1.83. The molecule has 0 spiro atoms. The molecule has 0 fully saturated rings. The predicted molar refractivity (Wildman–Crippen MR) is 62.8 cm³/mol. The van der Waals surface area contributed by atoms with Gasteiger partial charge in [-0.1, -0.05) is 6.07 Å². The Labute approximate surface area is 100 Å². The molecule has 0 aliphatic carbocycles. The van der Waals surface area contributed by atoms with Gasteiger partial charge in [-0.3, -0.25) is 9.18 Å². The van der Waals surface area contributed by atoms with Gasteiger partial charge in [-0.25, -0.2) is 0 Å². The number of ether oxygens (including phenoxy) is 1. The van der Waals surface area contributed by atoms with Gasteiger partial charge in [0.1, 0.15) is 5.75 Å². The summed E-state index contributed by atoms with van der Waals surface area (Å²) >= 11 is 0. The first-order chi connectivity index (χ1) is 8.08. The molecule has 1 aromatic rings. The Morgan fingerprint density at radius 2 is 2.24 bits per heavy atom. The standard InChI is InChI=1S/C13H17FO3/c1-9-7-11(15)4-5-12(9)10(8-14)3-6-13(16)17-2/h4-5,7,10,15H,3,6,8H2,1-2H3. The van der Waals surface area contributed by atoms with Crippen molar-refractivity contribution < 1.29 is 19.0 Å². The molecule has 0 aromatic heterocycles. The van der Waals surface area contributed by atoms with E-state index >= 15 is 0 Å². The highest BCUT2D eigenvalue weighted by atomic mass is 19.1. The van der Waals surface area contributed by atoms with Crippen molar-refractivity contribution in [2.75, 3.05) is 13.8 Å². The Morgan fingerprint density at radius 1 is 1.53 bits per heavy atom. The third-order valence-electron chi connectivity index (χ3n) is 2.80. The fourth-order valence-electron chi connectivity index (χ4n) is 1.83. The van der Waals surface area contributed by atoms with E-state index in [1.165, 1.54) is 13.2 Å². The zero-order valence-corrected chi connectivity index (χ0v) is 10.1. The summed E-state index contributed by atoms with van der Waals surface area (Å²) in [7, 11) is 1.32. The van der Waals surface area contributed by atoms with Crippen molar-refractivity contribution in [3.8, 4) is 5.75 Å². The highest BCUT2D eigenvalue weighted by Crippen LogP contribution is 2.27. The fraction of sp³-hybridized carbons (Fsp3) is 0.462. The Kier molecular flexibility index (Phi) is 4.94. The van der Waals surface area contributed by atoms with Gasteiger partial charge in [-0.15, -0.1) is 0 Å². The third kappa shape index (κ3) is 3.73. The van der Waals surface area contributed by atoms with Gasteiger partial charge in [-0.2, -0.15) is 0 Å². The van der Waals surface area contributed by atoms with Crippen LogP contribution in [0.2, 0.25) is 0 Å². The normalized spacial score (nSPS) is 12.2. The van der Waals surface area contributed by atoms with Gasteiger partial charge in [0.25, 0.3) is 0 Å². The minimum Gasteiger partial charge on any atom is -0.508 e. The lowest BCUT2D eigenvalue weighted by molar-refractivity contribution is -0.140. The number of benzene rings is 1. The Balaban J connectivity index is 2.75. The first kappa shape index (κ1) is 13.5. The molecular formula is C13H17FO3.